The largest absolute Gasteiger partial charge is 0.493 e. The van der Waals surface area contributed by atoms with Gasteiger partial charge in [-0.25, -0.2) is 0 Å². The van der Waals surface area contributed by atoms with Crippen LogP contribution in [-0.2, 0) is 4.79 Å². The second kappa shape index (κ2) is 6.38. The van der Waals surface area contributed by atoms with Crippen LogP contribution >= 0.6 is 15.9 Å². The lowest BCUT2D eigenvalue weighted by atomic mass is 10.3. The first-order chi connectivity index (χ1) is 9.15. The minimum absolute atomic E-state index is 0.107. The van der Waals surface area contributed by atoms with E-state index in [-0.39, 0.29) is 12.3 Å². The average Bonchev–Trinajstić information content (AvgIpc) is 2.78. The first-order valence-electron chi connectivity index (χ1n) is 5.83. The van der Waals surface area contributed by atoms with Crippen LogP contribution in [0.3, 0.4) is 0 Å². The normalized spacial score (nSPS) is 10.2. The van der Waals surface area contributed by atoms with Gasteiger partial charge in [-0.1, -0.05) is 15.9 Å². The molecule has 0 atom stereocenters. The summed E-state index contributed by atoms with van der Waals surface area (Å²) in [4.78, 5) is 11.7. The molecular weight excluding hydrogens is 310 g/mol. The molecule has 2 N–H and O–H groups in total. The van der Waals surface area contributed by atoms with Gasteiger partial charge >= 0.3 is 0 Å². The third-order valence-corrected chi connectivity index (χ3v) is 3.03. The number of hydrogen-bond acceptors (Lipinski definition) is 3. The predicted molar refractivity (Wildman–Crippen MR) is 76.2 cm³/mol. The van der Waals surface area contributed by atoms with Gasteiger partial charge in [0.15, 0.2) is 0 Å². The number of anilines is 1. The minimum Gasteiger partial charge on any atom is -0.493 e. The number of aryl methyl sites for hydroxylation is 1. The molecule has 1 aromatic carbocycles. The number of hydrogen-bond donors (Lipinski definition) is 2. The summed E-state index contributed by atoms with van der Waals surface area (Å²) in [6.45, 7) is 2.21. The molecule has 0 aliphatic carbocycles. The Hall–Kier alpha value is -1.82. The second-order valence-electron chi connectivity index (χ2n) is 4.03. The number of carbonyl (C=O) groups excluding carboxylic acids is 1. The van der Waals surface area contributed by atoms with Crippen molar-refractivity contribution in [3.63, 3.8) is 0 Å². The Bertz CT molecular complexity index is 551. The zero-order valence-electron chi connectivity index (χ0n) is 10.4. The van der Waals surface area contributed by atoms with E-state index in [1.165, 1.54) is 0 Å². The molecule has 1 aromatic heterocycles. The van der Waals surface area contributed by atoms with Gasteiger partial charge in [0.25, 0.3) is 0 Å². The summed E-state index contributed by atoms with van der Waals surface area (Å²) in [5.74, 6) is 1.27. The van der Waals surface area contributed by atoms with E-state index in [1.54, 1.807) is 6.20 Å². The quantitative estimate of drug-likeness (QED) is 0.889. The molecule has 0 unspecified atom stereocenters. The Labute approximate surface area is 119 Å². The van der Waals surface area contributed by atoms with Gasteiger partial charge in [0.1, 0.15) is 11.6 Å². The van der Waals surface area contributed by atoms with E-state index in [0.29, 0.717) is 12.4 Å². The van der Waals surface area contributed by atoms with Crippen LogP contribution in [0.1, 0.15) is 12.0 Å². The molecule has 100 valence electrons. The molecule has 5 nitrogen and oxygen atoms in total. The van der Waals surface area contributed by atoms with Crippen molar-refractivity contribution in [1.29, 1.82) is 0 Å². The Morgan fingerprint density at radius 1 is 1.42 bits per heavy atom. The SMILES string of the molecule is Cc1cn[nH]c1NC(=O)CCOc1ccc(Br)cc1. The standard InChI is InChI=1S/C13H14BrN3O2/c1-9-8-15-17-13(9)16-12(18)6-7-19-11-4-2-10(14)3-5-11/h2-5,8H,6-7H2,1H3,(H2,15,16,17,18). The van der Waals surface area contributed by atoms with Gasteiger partial charge in [0.2, 0.25) is 5.91 Å². The number of ether oxygens (including phenoxy) is 1. The van der Waals surface area contributed by atoms with Crippen LogP contribution < -0.4 is 10.1 Å². The van der Waals surface area contributed by atoms with Crippen molar-refractivity contribution in [2.75, 3.05) is 11.9 Å². The third kappa shape index (κ3) is 4.10. The summed E-state index contributed by atoms with van der Waals surface area (Å²) < 4.78 is 6.47. The Balaban J connectivity index is 1.75. The first kappa shape index (κ1) is 13.6. The number of aromatic amines is 1. The number of H-pyrrole nitrogens is 1. The highest BCUT2D eigenvalue weighted by atomic mass is 79.9. The molecular formula is C13H14BrN3O2. The number of aromatic nitrogens is 2. The first-order valence-corrected chi connectivity index (χ1v) is 6.62. The van der Waals surface area contributed by atoms with Crippen LogP contribution in [0.2, 0.25) is 0 Å². The summed E-state index contributed by atoms with van der Waals surface area (Å²) in [5.41, 5.74) is 0.905. The lowest BCUT2D eigenvalue weighted by molar-refractivity contribution is -0.116. The molecule has 0 saturated heterocycles. The van der Waals surface area contributed by atoms with Crippen molar-refractivity contribution < 1.29 is 9.53 Å². The van der Waals surface area contributed by atoms with E-state index < -0.39 is 0 Å². The Morgan fingerprint density at radius 2 is 2.16 bits per heavy atom. The highest BCUT2D eigenvalue weighted by Crippen LogP contribution is 2.16. The van der Waals surface area contributed by atoms with E-state index >= 15 is 0 Å². The molecule has 6 heteroatoms. The van der Waals surface area contributed by atoms with Gasteiger partial charge in [-0.3, -0.25) is 9.89 Å². The summed E-state index contributed by atoms with van der Waals surface area (Å²) in [5, 5.41) is 9.30. The topological polar surface area (TPSA) is 67.0 Å². The molecule has 0 fully saturated rings. The van der Waals surface area contributed by atoms with E-state index in [2.05, 4.69) is 31.4 Å². The van der Waals surface area contributed by atoms with E-state index in [0.717, 1.165) is 15.8 Å². The molecule has 2 rings (SSSR count). The van der Waals surface area contributed by atoms with Gasteiger partial charge in [0.05, 0.1) is 19.2 Å². The highest BCUT2D eigenvalue weighted by Gasteiger charge is 2.06. The number of rotatable bonds is 5. The molecule has 2 aromatic rings. The smallest absolute Gasteiger partial charge is 0.228 e. The van der Waals surface area contributed by atoms with Crippen molar-refractivity contribution in [2.24, 2.45) is 0 Å². The average molecular weight is 324 g/mol. The molecule has 0 saturated carbocycles. The zero-order chi connectivity index (χ0) is 13.7. The summed E-state index contributed by atoms with van der Waals surface area (Å²) in [6.07, 6.45) is 1.95. The van der Waals surface area contributed by atoms with Gasteiger partial charge in [-0.15, -0.1) is 0 Å². The fraction of sp³-hybridized carbons (Fsp3) is 0.231. The maximum atomic E-state index is 11.7. The number of amides is 1. The van der Waals surface area contributed by atoms with Crippen LogP contribution in [0.25, 0.3) is 0 Å². The Morgan fingerprint density at radius 3 is 2.79 bits per heavy atom. The molecule has 0 bridgehead atoms. The van der Waals surface area contributed by atoms with Gasteiger partial charge in [0, 0.05) is 10.0 Å². The number of halogens is 1. The monoisotopic (exact) mass is 323 g/mol. The van der Waals surface area contributed by atoms with Crippen LogP contribution in [0.4, 0.5) is 5.82 Å². The third-order valence-electron chi connectivity index (χ3n) is 2.50. The maximum Gasteiger partial charge on any atom is 0.228 e. The molecule has 1 amide bonds. The molecule has 0 radical (unpaired) electrons. The number of carbonyl (C=O) groups is 1. The number of benzene rings is 1. The van der Waals surface area contributed by atoms with Gasteiger partial charge in [-0.2, -0.15) is 5.10 Å². The number of nitrogens with one attached hydrogen (secondary N) is 2. The van der Waals surface area contributed by atoms with E-state index in [4.69, 9.17) is 4.74 Å². The maximum absolute atomic E-state index is 11.7. The lowest BCUT2D eigenvalue weighted by Gasteiger charge is -2.06. The van der Waals surface area contributed by atoms with Gasteiger partial charge < -0.3 is 10.1 Å². The predicted octanol–water partition coefficient (Wildman–Crippen LogP) is 2.89. The second-order valence-corrected chi connectivity index (χ2v) is 4.94. The van der Waals surface area contributed by atoms with Crippen molar-refractivity contribution >= 4 is 27.7 Å². The molecule has 19 heavy (non-hydrogen) atoms. The summed E-state index contributed by atoms with van der Waals surface area (Å²) >= 11 is 3.35. The summed E-state index contributed by atoms with van der Waals surface area (Å²) in [6, 6.07) is 7.48. The fourth-order valence-corrected chi connectivity index (χ4v) is 1.73. The minimum atomic E-state index is -0.107. The molecule has 1 heterocycles. The Kier molecular flexibility index (Phi) is 4.57. The highest BCUT2D eigenvalue weighted by molar-refractivity contribution is 9.10. The van der Waals surface area contributed by atoms with Crippen LogP contribution in [-0.4, -0.2) is 22.7 Å². The fourth-order valence-electron chi connectivity index (χ4n) is 1.47. The van der Waals surface area contributed by atoms with Crippen LogP contribution in [0, 0.1) is 6.92 Å². The molecule has 0 spiro atoms. The molecule has 0 aliphatic heterocycles. The van der Waals surface area contributed by atoms with Crippen molar-refractivity contribution in [2.45, 2.75) is 13.3 Å². The number of nitrogens with zero attached hydrogens (tertiary/aromatic N) is 1. The van der Waals surface area contributed by atoms with Crippen molar-refractivity contribution in [1.82, 2.24) is 10.2 Å². The zero-order valence-corrected chi connectivity index (χ0v) is 12.0. The molecule has 0 aliphatic rings. The van der Waals surface area contributed by atoms with E-state index in [9.17, 15) is 4.79 Å². The van der Waals surface area contributed by atoms with Gasteiger partial charge in [-0.05, 0) is 31.2 Å². The lowest BCUT2D eigenvalue weighted by Crippen LogP contribution is -2.16. The van der Waals surface area contributed by atoms with Crippen molar-refractivity contribution in [3.8, 4) is 5.75 Å². The van der Waals surface area contributed by atoms with E-state index in [1.807, 2.05) is 31.2 Å². The van der Waals surface area contributed by atoms with Crippen molar-refractivity contribution in [3.05, 3.63) is 40.5 Å². The van der Waals surface area contributed by atoms with Crippen LogP contribution in [0.15, 0.2) is 34.9 Å². The van der Waals surface area contributed by atoms with Crippen LogP contribution in [0.5, 0.6) is 5.75 Å². The summed E-state index contributed by atoms with van der Waals surface area (Å²) in [7, 11) is 0.